The van der Waals surface area contributed by atoms with Crippen LogP contribution in [0.4, 0.5) is 0 Å². The Morgan fingerprint density at radius 1 is 0.941 bits per heavy atom. The van der Waals surface area contributed by atoms with Gasteiger partial charge < -0.3 is 14.6 Å². The van der Waals surface area contributed by atoms with Gasteiger partial charge in [-0.2, -0.15) is 0 Å². The van der Waals surface area contributed by atoms with E-state index in [9.17, 15) is 9.59 Å². The lowest BCUT2D eigenvalue weighted by Gasteiger charge is -2.19. The monoisotopic (exact) mass is 608 g/mol. The van der Waals surface area contributed by atoms with Gasteiger partial charge in [-0.3, -0.25) is 9.59 Å². The molecule has 3 aromatic rings. The fraction of sp³-hybridized carbons (Fsp3) is 0.231. The number of aliphatic carboxylic acids is 1. The van der Waals surface area contributed by atoms with E-state index in [1.807, 2.05) is 32.0 Å². The number of ketones is 1. The summed E-state index contributed by atoms with van der Waals surface area (Å²) in [4.78, 5) is 24.4. The topological polar surface area (TPSA) is 72.8 Å². The molecule has 0 radical (unpaired) electrons. The van der Waals surface area contributed by atoms with Crippen molar-refractivity contribution >= 4 is 55.2 Å². The number of Topliss-reactive ketones (excluding diaryl/α,β-unsaturated/α-hetero) is 1. The molecule has 0 heterocycles. The molecule has 0 spiro atoms. The number of carboxylic acids is 1. The van der Waals surface area contributed by atoms with Crippen LogP contribution in [0.1, 0.15) is 46.8 Å². The number of hydrogen-bond acceptors (Lipinski definition) is 4. The van der Waals surface area contributed by atoms with Crippen LogP contribution < -0.4 is 9.47 Å². The highest BCUT2D eigenvalue weighted by Crippen LogP contribution is 2.42. The Balaban J connectivity index is 2.06. The molecule has 0 saturated heterocycles. The largest absolute Gasteiger partial charge is 0.496 e. The molecule has 0 saturated carbocycles. The second kappa shape index (κ2) is 11.4. The van der Waals surface area contributed by atoms with E-state index < -0.39 is 5.97 Å². The molecule has 0 atom stereocenters. The number of hydrogen-bond donors (Lipinski definition) is 1. The zero-order chi connectivity index (χ0) is 25.0. The van der Waals surface area contributed by atoms with Crippen molar-refractivity contribution in [1.82, 2.24) is 0 Å². The number of halogens is 3. The maximum absolute atomic E-state index is 13.3. The fourth-order valence-corrected chi connectivity index (χ4v) is 5.05. The van der Waals surface area contributed by atoms with Crippen molar-refractivity contribution in [3.63, 3.8) is 0 Å². The van der Waals surface area contributed by atoms with Gasteiger partial charge in [0.1, 0.15) is 11.5 Å². The van der Waals surface area contributed by atoms with E-state index in [1.165, 1.54) is 0 Å². The third kappa shape index (κ3) is 6.40. The van der Waals surface area contributed by atoms with Crippen molar-refractivity contribution in [2.75, 3.05) is 7.11 Å². The summed E-state index contributed by atoms with van der Waals surface area (Å²) in [5.41, 5.74) is 2.71. The number of carboxylic acid groups (broad SMARTS) is 1. The number of rotatable bonds is 9. The van der Waals surface area contributed by atoms with Crippen LogP contribution >= 0.6 is 43.5 Å². The lowest BCUT2D eigenvalue weighted by molar-refractivity contribution is -0.136. The molecule has 3 rings (SSSR count). The zero-order valence-corrected chi connectivity index (χ0v) is 22.8. The molecule has 3 aromatic carbocycles. The van der Waals surface area contributed by atoms with Crippen LogP contribution in [-0.2, 0) is 17.6 Å². The highest BCUT2D eigenvalue weighted by atomic mass is 79.9. The van der Waals surface area contributed by atoms with Gasteiger partial charge in [-0.25, -0.2) is 0 Å². The van der Waals surface area contributed by atoms with Crippen LogP contribution in [0.3, 0.4) is 0 Å². The molecule has 1 N–H and O–H groups in total. The number of carbonyl (C=O) groups excluding carboxylic acids is 1. The Bertz CT molecular complexity index is 1200. The first-order chi connectivity index (χ1) is 16.1. The van der Waals surface area contributed by atoms with Gasteiger partial charge in [0.25, 0.3) is 0 Å². The molecular formula is C26H23Br2ClO5. The van der Waals surface area contributed by atoms with Crippen molar-refractivity contribution in [1.29, 1.82) is 0 Å². The molecule has 8 heteroatoms. The molecule has 0 aliphatic carbocycles. The van der Waals surface area contributed by atoms with Crippen LogP contribution in [0, 0.1) is 0 Å². The molecule has 0 aliphatic heterocycles. The average molecular weight is 611 g/mol. The first-order valence-electron chi connectivity index (χ1n) is 10.5. The summed E-state index contributed by atoms with van der Waals surface area (Å²) < 4.78 is 13.0. The van der Waals surface area contributed by atoms with Gasteiger partial charge in [-0.15, -0.1) is 0 Å². The van der Waals surface area contributed by atoms with Crippen LogP contribution in [0.15, 0.2) is 57.5 Å². The van der Waals surface area contributed by atoms with E-state index in [2.05, 4.69) is 31.9 Å². The Labute approximate surface area is 220 Å². The molecular weight excluding hydrogens is 588 g/mol. The molecule has 0 aromatic heterocycles. The second-order valence-electron chi connectivity index (χ2n) is 8.03. The van der Waals surface area contributed by atoms with E-state index >= 15 is 0 Å². The van der Waals surface area contributed by atoms with Crippen molar-refractivity contribution in [3.8, 4) is 17.2 Å². The Morgan fingerprint density at radius 2 is 1.56 bits per heavy atom. The Morgan fingerprint density at radius 3 is 2.09 bits per heavy atom. The molecule has 0 bridgehead atoms. The molecule has 34 heavy (non-hydrogen) atoms. The summed E-state index contributed by atoms with van der Waals surface area (Å²) in [7, 11) is 1.57. The van der Waals surface area contributed by atoms with E-state index in [-0.39, 0.29) is 24.5 Å². The standard InChI is InChI=1S/C26H23Br2ClO5/c1-14(2)18-12-24(34-26-20(27)8-16(9-21(26)28)11-25(31)32)19(13-23(18)33-3)22(30)10-15-4-6-17(29)7-5-15/h4-9,12-14H,10-11H2,1-3H3,(H,31,32). The minimum atomic E-state index is -0.931. The van der Waals surface area contributed by atoms with Gasteiger partial charge in [0.05, 0.1) is 28.0 Å². The maximum atomic E-state index is 13.3. The quantitative estimate of drug-likeness (QED) is 0.250. The fourth-order valence-electron chi connectivity index (χ4n) is 3.49. The van der Waals surface area contributed by atoms with Gasteiger partial charge in [0, 0.05) is 17.0 Å². The van der Waals surface area contributed by atoms with E-state index in [1.54, 1.807) is 37.4 Å². The van der Waals surface area contributed by atoms with E-state index in [0.717, 1.165) is 11.1 Å². The Kier molecular flexibility index (Phi) is 8.79. The molecule has 0 amide bonds. The van der Waals surface area contributed by atoms with Gasteiger partial charge >= 0.3 is 5.97 Å². The SMILES string of the molecule is COc1cc(C(=O)Cc2ccc(Cl)cc2)c(Oc2c(Br)cc(CC(=O)O)cc2Br)cc1C(C)C. The maximum Gasteiger partial charge on any atom is 0.307 e. The number of ether oxygens (including phenoxy) is 2. The Hall–Kier alpha value is -2.35. The third-order valence-corrected chi connectivity index (χ3v) is 6.59. The van der Waals surface area contributed by atoms with Crippen LogP contribution in [0.5, 0.6) is 17.2 Å². The van der Waals surface area contributed by atoms with Gasteiger partial charge in [0.2, 0.25) is 0 Å². The van der Waals surface area contributed by atoms with Crippen molar-refractivity contribution in [3.05, 3.63) is 84.8 Å². The van der Waals surface area contributed by atoms with Crippen LogP contribution in [0.25, 0.3) is 0 Å². The lowest BCUT2D eigenvalue weighted by atomic mass is 9.96. The number of carbonyl (C=O) groups is 2. The molecule has 0 aliphatic rings. The summed E-state index contributed by atoms with van der Waals surface area (Å²) in [6, 6.07) is 14.0. The molecule has 178 valence electrons. The smallest absolute Gasteiger partial charge is 0.307 e. The summed E-state index contributed by atoms with van der Waals surface area (Å²) in [6.45, 7) is 4.06. The van der Waals surface area contributed by atoms with Crippen molar-refractivity contribution in [2.24, 2.45) is 0 Å². The zero-order valence-electron chi connectivity index (χ0n) is 18.8. The van der Waals surface area contributed by atoms with Gasteiger partial charge in [0.15, 0.2) is 11.5 Å². The van der Waals surface area contributed by atoms with Crippen molar-refractivity contribution in [2.45, 2.75) is 32.6 Å². The molecule has 5 nitrogen and oxygen atoms in total. The molecule has 0 unspecified atom stereocenters. The van der Waals surface area contributed by atoms with E-state index in [0.29, 0.717) is 42.3 Å². The second-order valence-corrected chi connectivity index (χ2v) is 10.2. The first-order valence-corrected chi connectivity index (χ1v) is 12.4. The highest BCUT2D eigenvalue weighted by Gasteiger charge is 2.22. The minimum Gasteiger partial charge on any atom is -0.496 e. The minimum absolute atomic E-state index is 0.123. The highest BCUT2D eigenvalue weighted by molar-refractivity contribution is 9.11. The van der Waals surface area contributed by atoms with Crippen LogP contribution in [0.2, 0.25) is 5.02 Å². The first kappa shape index (κ1) is 26.3. The van der Waals surface area contributed by atoms with Gasteiger partial charge in [-0.1, -0.05) is 37.6 Å². The molecule has 0 fully saturated rings. The lowest BCUT2D eigenvalue weighted by Crippen LogP contribution is -2.08. The summed E-state index contributed by atoms with van der Waals surface area (Å²) >= 11 is 12.9. The normalized spacial score (nSPS) is 10.9. The third-order valence-electron chi connectivity index (χ3n) is 5.16. The van der Waals surface area contributed by atoms with Crippen LogP contribution in [-0.4, -0.2) is 24.0 Å². The predicted octanol–water partition coefficient (Wildman–Crippen LogP) is 7.84. The average Bonchev–Trinajstić information content (AvgIpc) is 2.76. The number of benzene rings is 3. The van der Waals surface area contributed by atoms with Gasteiger partial charge in [-0.05, 0) is 85.3 Å². The summed E-state index contributed by atoms with van der Waals surface area (Å²) in [5, 5.41) is 9.70. The van der Waals surface area contributed by atoms with Crippen molar-refractivity contribution < 1.29 is 24.2 Å². The summed E-state index contributed by atoms with van der Waals surface area (Å²) in [5.74, 6) is 0.490. The van der Waals surface area contributed by atoms with E-state index in [4.69, 9.17) is 26.2 Å². The summed E-state index contributed by atoms with van der Waals surface area (Å²) in [6.07, 6.45) is 0.0416. The number of methoxy groups -OCH3 is 1. The predicted molar refractivity (Wildman–Crippen MR) is 140 cm³/mol.